The number of carbonyl (C=O) groups is 2. The second kappa shape index (κ2) is 6.02. The summed E-state index contributed by atoms with van der Waals surface area (Å²) in [5.74, 6) is -0.144. The first-order chi connectivity index (χ1) is 12.4. The fraction of sp³-hybridized carbons (Fsp3) is 0.389. The summed E-state index contributed by atoms with van der Waals surface area (Å²) in [7, 11) is 0. The van der Waals surface area contributed by atoms with E-state index in [1.54, 1.807) is 23.2 Å². The number of fused-ring (bicyclic) bond motifs is 1. The third kappa shape index (κ3) is 2.72. The van der Waals surface area contributed by atoms with Gasteiger partial charge in [-0.15, -0.1) is 0 Å². The Morgan fingerprint density at radius 1 is 1.27 bits per heavy atom. The molecule has 136 valence electrons. The fourth-order valence-corrected chi connectivity index (χ4v) is 3.81. The van der Waals surface area contributed by atoms with Gasteiger partial charge in [0.25, 0.3) is 0 Å². The summed E-state index contributed by atoms with van der Waals surface area (Å²) >= 11 is 6.50. The molecule has 7 nitrogen and oxygen atoms in total. The average molecular weight is 375 g/mol. The van der Waals surface area contributed by atoms with Gasteiger partial charge in [0, 0.05) is 30.8 Å². The van der Waals surface area contributed by atoms with E-state index in [2.05, 4.69) is 5.10 Å². The van der Waals surface area contributed by atoms with Crippen LogP contribution in [0.1, 0.15) is 32.7 Å². The highest BCUT2D eigenvalue weighted by molar-refractivity contribution is 6.34. The number of halogens is 1. The van der Waals surface area contributed by atoms with Crippen molar-refractivity contribution in [3.63, 3.8) is 0 Å². The normalized spacial score (nSPS) is 19.4. The molecule has 1 aliphatic carbocycles. The molecule has 2 heterocycles. The molecule has 8 heteroatoms. The van der Waals surface area contributed by atoms with E-state index in [1.165, 1.54) is 11.8 Å². The molecule has 2 aromatic rings. The van der Waals surface area contributed by atoms with Crippen LogP contribution in [-0.2, 0) is 4.79 Å². The van der Waals surface area contributed by atoms with E-state index in [0.29, 0.717) is 28.0 Å². The molecule has 1 N–H and O–H groups in total. The van der Waals surface area contributed by atoms with E-state index < -0.39 is 6.09 Å². The van der Waals surface area contributed by atoms with E-state index in [0.717, 1.165) is 18.4 Å². The van der Waals surface area contributed by atoms with Gasteiger partial charge in [-0.25, -0.2) is 4.79 Å². The van der Waals surface area contributed by atoms with Crippen molar-refractivity contribution in [2.24, 2.45) is 0 Å². The Balaban J connectivity index is 1.84. The van der Waals surface area contributed by atoms with Crippen LogP contribution in [0, 0.1) is 0 Å². The number of aromatic nitrogens is 2. The number of anilines is 2. The van der Waals surface area contributed by atoms with Gasteiger partial charge in [-0.05, 0) is 31.9 Å². The molecule has 0 bridgehead atoms. The quantitative estimate of drug-likeness (QED) is 0.867. The zero-order valence-electron chi connectivity index (χ0n) is 14.5. The lowest BCUT2D eigenvalue weighted by molar-refractivity contribution is -0.117. The maximum Gasteiger partial charge on any atom is 0.411 e. The van der Waals surface area contributed by atoms with Crippen molar-refractivity contribution < 1.29 is 14.7 Å². The summed E-state index contributed by atoms with van der Waals surface area (Å²) in [6.45, 7) is 3.50. The molecule has 4 rings (SSSR count). The molecule has 2 aliphatic rings. The van der Waals surface area contributed by atoms with Crippen molar-refractivity contribution in [1.29, 1.82) is 0 Å². The number of hydrogen-bond donors (Lipinski definition) is 1. The summed E-state index contributed by atoms with van der Waals surface area (Å²) in [4.78, 5) is 26.7. The highest BCUT2D eigenvalue weighted by Gasteiger charge is 2.34. The maximum absolute atomic E-state index is 12.1. The minimum absolute atomic E-state index is 0.144. The lowest BCUT2D eigenvalue weighted by Gasteiger charge is -2.39. The molecule has 2 amide bonds. The summed E-state index contributed by atoms with van der Waals surface area (Å²) in [6, 6.07) is 3.59. The zero-order valence-corrected chi connectivity index (χ0v) is 15.3. The van der Waals surface area contributed by atoms with Crippen molar-refractivity contribution >= 4 is 35.0 Å². The predicted molar refractivity (Wildman–Crippen MR) is 98.9 cm³/mol. The summed E-state index contributed by atoms with van der Waals surface area (Å²) < 4.78 is 1.92. The minimum atomic E-state index is -1.05. The van der Waals surface area contributed by atoms with Gasteiger partial charge in [0.15, 0.2) is 0 Å². The third-order valence-corrected chi connectivity index (χ3v) is 5.22. The van der Waals surface area contributed by atoms with E-state index >= 15 is 0 Å². The number of carboxylic acid groups (broad SMARTS) is 1. The van der Waals surface area contributed by atoms with Crippen molar-refractivity contribution in [2.75, 3.05) is 16.3 Å². The van der Waals surface area contributed by atoms with Crippen LogP contribution in [0.15, 0.2) is 24.5 Å². The van der Waals surface area contributed by atoms with Gasteiger partial charge in [-0.2, -0.15) is 5.10 Å². The van der Waals surface area contributed by atoms with E-state index in [4.69, 9.17) is 11.6 Å². The van der Waals surface area contributed by atoms with Crippen LogP contribution in [0.25, 0.3) is 11.1 Å². The van der Waals surface area contributed by atoms with Crippen LogP contribution in [-0.4, -0.2) is 39.5 Å². The lowest BCUT2D eigenvalue weighted by atomic mass is 10.0. The Morgan fingerprint density at radius 2 is 2.00 bits per heavy atom. The van der Waals surface area contributed by atoms with Crippen molar-refractivity contribution in [1.82, 2.24) is 9.78 Å². The second-order valence-corrected chi connectivity index (χ2v) is 7.30. The monoisotopic (exact) mass is 374 g/mol. The van der Waals surface area contributed by atoms with Crippen LogP contribution in [0.3, 0.4) is 0 Å². The van der Waals surface area contributed by atoms with E-state index in [1.807, 2.05) is 17.8 Å². The number of benzene rings is 1. The van der Waals surface area contributed by atoms with Gasteiger partial charge in [0.05, 0.1) is 34.7 Å². The Morgan fingerprint density at radius 3 is 2.62 bits per heavy atom. The van der Waals surface area contributed by atoms with E-state index in [9.17, 15) is 14.7 Å². The summed E-state index contributed by atoms with van der Waals surface area (Å²) in [5, 5.41) is 14.5. The number of nitrogens with zero attached hydrogens (tertiary/aromatic N) is 4. The molecule has 1 fully saturated rings. The molecule has 26 heavy (non-hydrogen) atoms. The maximum atomic E-state index is 12.1. The first-order valence-corrected chi connectivity index (χ1v) is 8.93. The Bertz CT molecular complexity index is 906. The van der Waals surface area contributed by atoms with Gasteiger partial charge in [0.2, 0.25) is 5.91 Å². The first-order valence-electron chi connectivity index (χ1n) is 8.55. The molecule has 1 atom stereocenters. The molecule has 0 saturated heterocycles. The SMILES string of the molecule is CC(=O)N1c2cc(Cl)c(-c3cnn(C4CC4)c3)cc2N(C(=O)O)C[C@@H]1C. The van der Waals surface area contributed by atoms with Crippen LogP contribution in [0.5, 0.6) is 0 Å². The summed E-state index contributed by atoms with van der Waals surface area (Å²) in [5.41, 5.74) is 2.52. The number of amides is 2. The fourth-order valence-electron chi connectivity index (χ4n) is 3.54. The van der Waals surface area contributed by atoms with Gasteiger partial charge < -0.3 is 10.0 Å². The topological polar surface area (TPSA) is 78.7 Å². The Kier molecular flexibility index (Phi) is 3.91. The van der Waals surface area contributed by atoms with Gasteiger partial charge in [-0.1, -0.05) is 11.6 Å². The van der Waals surface area contributed by atoms with Crippen LogP contribution < -0.4 is 9.80 Å². The highest BCUT2D eigenvalue weighted by Crippen LogP contribution is 2.43. The second-order valence-electron chi connectivity index (χ2n) is 6.89. The van der Waals surface area contributed by atoms with Crippen LogP contribution in [0.2, 0.25) is 5.02 Å². The molecular weight excluding hydrogens is 356 g/mol. The molecule has 1 aromatic heterocycles. The molecular formula is C18H19ClN4O3. The van der Waals surface area contributed by atoms with E-state index in [-0.39, 0.29) is 18.5 Å². The molecule has 1 aromatic carbocycles. The number of carbonyl (C=O) groups excluding carboxylic acids is 1. The minimum Gasteiger partial charge on any atom is -0.465 e. The Hall–Kier alpha value is -2.54. The smallest absolute Gasteiger partial charge is 0.411 e. The third-order valence-electron chi connectivity index (χ3n) is 4.91. The molecule has 1 saturated carbocycles. The first kappa shape index (κ1) is 16.9. The van der Waals surface area contributed by atoms with Gasteiger partial charge in [-0.3, -0.25) is 14.4 Å². The highest BCUT2D eigenvalue weighted by atomic mass is 35.5. The molecule has 0 unspecified atom stereocenters. The number of rotatable bonds is 2. The molecule has 0 spiro atoms. The standard InChI is InChI=1S/C18H19ClN4O3/c1-10-8-21(18(25)26)16-5-14(12-7-20-22(9-12)13-3-4-13)15(19)6-17(16)23(10)11(2)24/h5-7,9-10,13H,3-4,8H2,1-2H3,(H,25,26)/t10-/m0/s1. The van der Waals surface area contributed by atoms with Crippen molar-refractivity contribution in [3.8, 4) is 11.1 Å². The van der Waals surface area contributed by atoms with Crippen LogP contribution in [0.4, 0.5) is 16.2 Å². The predicted octanol–water partition coefficient (Wildman–Crippen LogP) is 3.78. The van der Waals surface area contributed by atoms with Gasteiger partial charge >= 0.3 is 6.09 Å². The van der Waals surface area contributed by atoms with Crippen molar-refractivity contribution in [2.45, 2.75) is 38.8 Å². The largest absolute Gasteiger partial charge is 0.465 e. The van der Waals surface area contributed by atoms with Gasteiger partial charge in [0.1, 0.15) is 0 Å². The zero-order chi connectivity index (χ0) is 18.6. The Labute approximate surface area is 155 Å². The number of hydrogen-bond acceptors (Lipinski definition) is 3. The molecule has 1 aliphatic heterocycles. The lowest BCUT2D eigenvalue weighted by Crippen LogP contribution is -2.51. The van der Waals surface area contributed by atoms with Crippen molar-refractivity contribution in [3.05, 3.63) is 29.5 Å². The van der Waals surface area contributed by atoms with Crippen LogP contribution >= 0.6 is 11.6 Å². The average Bonchev–Trinajstić information content (AvgIpc) is 3.30. The summed E-state index contributed by atoms with van der Waals surface area (Å²) in [6.07, 6.45) is 4.87. The molecule has 0 radical (unpaired) electrons.